The summed E-state index contributed by atoms with van der Waals surface area (Å²) in [4.78, 5) is 26.2. The molecular weight excluding hydrogens is 432 g/mol. The number of amides is 1. The third-order valence-corrected chi connectivity index (χ3v) is 8.10. The minimum atomic E-state index is -0.384. The summed E-state index contributed by atoms with van der Waals surface area (Å²) in [7, 11) is 1.37. The summed E-state index contributed by atoms with van der Waals surface area (Å²) in [6.45, 7) is 4.50. The molecule has 1 N–H and O–H groups in total. The number of aryl methyl sites for hydroxylation is 1. The van der Waals surface area contributed by atoms with E-state index in [-0.39, 0.29) is 17.6 Å². The number of nitrogens with zero attached hydrogens (tertiary/aromatic N) is 3. The van der Waals surface area contributed by atoms with E-state index in [0.717, 1.165) is 48.6 Å². The van der Waals surface area contributed by atoms with Crippen LogP contribution in [-0.2, 0) is 28.9 Å². The number of carbonyl (C=O) groups is 2. The Balaban J connectivity index is 1.44. The van der Waals surface area contributed by atoms with Crippen LogP contribution in [-0.4, -0.2) is 39.5 Å². The topological polar surface area (TPSA) is 86.1 Å². The van der Waals surface area contributed by atoms with Crippen molar-refractivity contribution in [2.75, 3.05) is 18.2 Å². The lowest BCUT2D eigenvalue weighted by Gasteiger charge is -2.21. The predicted molar refractivity (Wildman–Crippen MR) is 123 cm³/mol. The summed E-state index contributed by atoms with van der Waals surface area (Å²) in [5.41, 5.74) is 1.55. The molecule has 2 heterocycles. The number of carbonyl (C=O) groups excluding carboxylic acids is 2. The van der Waals surface area contributed by atoms with Crippen molar-refractivity contribution in [2.24, 2.45) is 0 Å². The van der Waals surface area contributed by atoms with Gasteiger partial charge in [-0.1, -0.05) is 37.1 Å². The lowest BCUT2D eigenvalue weighted by atomic mass is 9.89. The normalized spacial score (nSPS) is 16.2. The smallest absolute Gasteiger partial charge is 0.341 e. The highest BCUT2D eigenvalue weighted by Crippen LogP contribution is 2.39. The van der Waals surface area contributed by atoms with Crippen molar-refractivity contribution in [2.45, 2.75) is 69.0 Å². The van der Waals surface area contributed by atoms with E-state index in [1.165, 1.54) is 54.3 Å². The SMILES string of the molecule is C=CCn1c(SCC(=O)Nc2sc3c(c2C(=O)OC)CCC3)nnc1C1CCCCC1. The van der Waals surface area contributed by atoms with Crippen LogP contribution in [0.3, 0.4) is 0 Å². The first-order valence-corrected chi connectivity index (χ1v) is 12.6. The number of aromatic nitrogens is 3. The number of thiophene rings is 1. The number of rotatable bonds is 8. The Kier molecular flexibility index (Phi) is 7.12. The summed E-state index contributed by atoms with van der Waals surface area (Å²) in [6, 6.07) is 0. The fraction of sp³-hybridized carbons (Fsp3) is 0.545. The van der Waals surface area contributed by atoms with Crippen molar-refractivity contribution >= 4 is 40.0 Å². The maximum absolute atomic E-state index is 12.7. The zero-order chi connectivity index (χ0) is 21.8. The molecule has 2 aliphatic rings. The highest BCUT2D eigenvalue weighted by atomic mass is 32.2. The van der Waals surface area contributed by atoms with Gasteiger partial charge in [-0.2, -0.15) is 0 Å². The van der Waals surface area contributed by atoms with Gasteiger partial charge in [-0.15, -0.1) is 28.1 Å². The number of thioether (sulfide) groups is 1. The zero-order valence-corrected chi connectivity index (χ0v) is 19.4. The number of allylic oxidation sites excluding steroid dienone is 1. The molecule has 4 rings (SSSR count). The molecular formula is C22H28N4O3S2. The van der Waals surface area contributed by atoms with E-state index in [9.17, 15) is 9.59 Å². The van der Waals surface area contributed by atoms with Gasteiger partial charge in [0.05, 0.1) is 18.4 Å². The first-order chi connectivity index (χ1) is 15.1. The van der Waals surface area contributed by atoms with E-state index in [4.69, 9.17) is 4.74 Å². The first-order valence-electron chi connectivity index (χ1n) is 10.8. The second kappa shape index (κ2) is 9.99. The molecule has 0 unspecified atom stereocenters. The molecule has 0 aliphatic heterocycles. The molecule has 2 aliphatic carbocycles. The van der Waals surface area contributed by atoms with Gasteiger partial charge < -0.3 is 14.6 Å². The monoisotopic (exact) mass is 460 g/mol. The molecule has 1 amide bonds. The Morgan fingerprint density at radius 2 is 2.06 bits per heavy atom. The van der Waals surface area contributed by atoms with Crippen LogP contribution in [0.5, 0.6) is 0 Å². The van der Waals surface area contributed by atoms with E-state index >= 15 is 0 Å². The van der Waals surface area contributed by atoms with E-state index in [2.05, 4.69) is 26.7 Å². The molecule has 0 spiro atoms. The van der Waals surface area contributed by atoms with Crippen LogP contribution in [0.25, 0.3) is 0 Å². The summed E-state index contributed by atoms with van der Waals surface area (Å²) >= 11 is 2.86. The molecule has 0 bridgehead atoms. The molecule has 0 atom stereocenters. The van der Waals surface area contributed by atoms with Crippen LogP contribution < -0.4 is 5.32 Å². The van der Waals surface area contributed by atoms with Crippen molar-refractivity contribution < 1.29 is 14.3 Å². The predicted octanol–water partition coefficient (Wildman–Crippen LogP) is 4.58. The van der Waals surface area contributed by atoms with Gasteiger partial charge in [-0.05, 0) is 37.7 Å². The Hall–Kier alpha value is -2.13. The molecule has 166 valence electrons. The van der Waals surface area contributed by atoms with Gasteiger partial charge in [0, 0.05) is 17.3 Å². The average molecular weight is 461 g/mol. The maximum Gasteiger partial charge on any atom is 0.341 e. The van der Waals surface area contributed by atoms with Gasteiger partial charge in [-0.3, -0.25) is 4.79 Å². The van der Waals surface area contributed by atoms with Crippen LogP contribution in [0.1, 0.15) is 71.1 Å². The van der Waals surface area contributed by atoms with Crippen LogP contribution in [0.15, 0.2) is 17.8 Å². The van der Waals surface area contributed by atoms with E-state index in [0.29, 0.717) is 23.0 Å². The van der Waals surface area contributed by atoms with E-state index in [1.54, 1.807) is 0 Å². The Morgan fingerprint density at radius 1 is 1.26 bits per heavy atom. The van der Waals surface area contributed by atoms with Gasteiger partial charge in [-0.25, -0.2) is 4.79 Å². The lowest BCUT2D eigenvalue weighted by Crippen LogP contribution is -2.17. The summed E-state index contributed by atoms with van der Waals surface area (Å²) in [5, 5.41) is 13.1. The molecule has 0 aromatic carbocycles. The number of methoxy groups -OCH3 is 1. The fourth-order valence-electron chi connectivity index (χ4n) is 4.47. The second-order valence-corrected chi connectivity index (χ2v) is 10.0. The van der Waals surface area contributed by atoms with Gasteiger partial charge in [0.2, 0.25) is 5.91 Å². The van der Waals surface area contributed by atoms with Gasteiger partial charge in [0.15, 0.2) is 5.16 Å². The van der Waals surface area contributed by atoms with Gasteiger partial charge in [0.1, 0.15) is 10.8 Å². The number of hydrogen-bond acceptors (Lipinski definition) is 7. The average Bonchev–Trinajstić information content (AvgIpc) is 3.47. The van der Waals surface area contributed by atoms with Crippen LogP contribution in [0.2, 0.25) is 0 Å². The Labute approximate surface area is 190 Å². The Morgan fingerprint density at radius 3 is 2.81 bits per heavy atom. The minimum Gasteiger partial charge on any atom is -0.465 e. The number of anilines is 1. The van der Waals surface area contributed by atoms with Crippen molar-refractivity contribution in [3.05, 3.63) is 34.5 Å². The van der Waals surface area contributed by atoms with Crippen LogP contribution >= 0.6 is 23.1 Å². The van der Waals surface area contributed by atoms with Crippen molar-refractivity contribution in [1.82, 2.24) is 14.8 Å². The molecule has 0 saturated heterocycles. The van der Waals surface area contributed by atoms with Gasteiger partial charge >= 0.3 is 5.97 Å². The third kappa shape index (κ3) is 4.72. The van der Waals surface area contributed by atoms with E-state index < -0.39 is 0 Å². The number of esters is 1. The van der Waals surface area contributed by atoms with Gasteiger partial charge in [0.25, 0.3) is 0 Å². The lowest BCUT2D eigenvalue weighted by molar-refractivity contribution is -0.113. The molecule has 2 aromatic heterocycles. The maximum atomic E-state index is 12.7. The minimum absolute atomic E-state index is 0.164. The van der Waals surface area contributed by atoms with Crippen molar-refractivity contribution in [1.29, 1.82) is 0 Å². The van der Waals surface area contributed by atoms with Crippen molar-refractivity contribution in [3.8, 4) is 0 Å². The molecule has 2 aromatic rings. The van der Waals surface area contributed by atoms with Crippen LogP contribution in [0, 0.1) is 0 Å². The summed E-state index contributed by atoms with van der Waals surface area (Å²) in [5.74, 6) is 1.08. The Bertz CT molecular complexity index is 976. The molecule has 0 radical (unpaired) electrons. The second-order valence-electron chi connectivity index (χ2n) is 7.96. The number of ether oxygens (including phenoxy) is 1. The third-order valence-electron chi connectivity index (χ3n) is 5.92. The molecule has 9 heteroatoms. The number of hydrogen-bond donors (Lipinski definition) is 1. The largest absolute Gasteiger partial charge is 0.465 e. The summed E-state index contributed by atoms with van der Waals surface area (Å²) in [6.07, 6.45) is 10.7. The highest BCUT2D eigenvalue weighted by Gasteiger charge is 2.28. The molecule has 1 saturated carbocycles. The quantitative estimate of drug-likeness (QED) is 0.353. The fourth-order valence-corrected chi connectivity index (χ4v) is 6.52. The molecule has 31 heavy (non-hydrogen) atoms. The number of fused-ring (bicyclic) bond motifs is 1. The zero-order valence-electron chi connectivity index (χ0n) is 17.8. The molecule has 1 fully saturated rings. The highest BCUT2D eigenvalue weighted by molar-refractivity contribution is 7.99. The number of nitrogens with one attached hydrogen (secondary N) is 1. The summed E-state index contributed by atoms with van der Waals surface area (Å²) < 4.78 is 7.04. The molecule has 7 nitrogen and oxygen atoms in total. The van der Waals surface area contributed by atoms with E-state index in [1.807, 2.05) is 6.08 Å². The van der Waals surface area contributed by atoms with Crippen molar-refractivity contribution in [3.63, 3.8) is 0 Å². The standard InChI is InChI=1S/C22H28N4O3S2/c1-3-12-26-19(14-8-5-4-6-9-14)24-25-22(26)30-13-17(27)23-20-18(21(28)29-2)15-10-7-11-16(15)31-20/h3,14H,1,4-13H2,2H3,(H,23,27). The first kappa shape index (κ1) is 22.1. The van der Waals surface area contributed by atoms with Crippen LogP contribution in [0.4, 0.5) is 5.00 Å².